The minimum Gasteiger partial charge on any atom is -0.361 e. The number of rotatable bonds is 3. The zero-order valence-electron chi connectivity index (χ0n) is 13.4. The number of aromatic nitrogens is 1. The first kappa shape index (κ1) is 14.3. The van der Waals surface area contributed by atoms with Gasteiger partial charge in [-0.15, -0.1) is 0 Å². The summed E-state index contributed by atoms with van der Waals surface area (Å²) in [6.45, 7) is 4.62. The number of hydrogen-bond donors (Lipinski definition) is 2. The van der Waals surface area contributed by atoms with Crippen molar-refractivity contribution in [2.45, 2.75) is 38.1 Å². The van der Waals surface area contributed by atoms with Crippen LogP contribution in [0, 0.1) is 5.92 Å². The Balaban J connectivity index is 1.71. The topological polar surface area (TPSA) is 31.1 Å². The lowest BCUT2D eigenvalue weighted by Gasteiger charge is -2.41. The van der Waals surface area contributed by atoms with Gasteiger partial charge in [-0.1, -0.05) is 37.5 Å². The summed E-state index contributed by atoms with van der Waals surface area (Å²) in [5.41, 5.74) is 2.82. The highest BCUT2D eigenvalue weighted by Crippen LogP contribution is 2.40. The molecule has 0 unspecified atom stereocenters. The number of aromatic amines is 1. The summed E-state index contributed by atoms with van der Waals surface area (Å²) >= 11 is 0. The van der Waals surface area contributed by atoms with Crippen LogP contribution in [0.25, 0.3) is 10.9 Å². The van der Waals surface area contributed by atoms with Gasteiger partial charge in [-0.25, -0.2) is 0 Å². The summed E-state index contributed by atoms with van der Waals surface area (Å²) in [5.74, 6) is 0.825. The third-order valence-electron chi connectivity index (χ3n) is 5.58. The van der Waals surface area contributed by atoms with Crippen LogP contribution in [0.4, 0.5) is 0 Å². The molecule has 1 saturated heterocycles. The van der Waals surface area contributed by atoms with Gasteiger partial charge in [0.2, 0.25) is 0 Å². The van der Waals surface area contributed by atoms with Gasteiger partial charge in [-0.2, -0.15) is 0 Å². The molecule has 3 heteroatoms. The van der Waals surface area contributed by atoms with Crippen molar-refractivity contribution in [2.24, 2.45) is 5.92 Å². The summed E-state index contributed by atoms with van der Waals surface area (Å²) < 4.78 is 0. The molecular weight excluding hydrogens is 270 g/mol. The fourth-order valence-electron chi connectivity index (χ4n) is 4.50. The summed E-state index contributed by atoms with van der Waals surface area (Å²) in [6, 6.07) is 9.39. The van der Waals surface area contributed by atoms with Crippen LogP contribution in [0.5, 0.6) is 0 Å². The first-order valence-electron chi connectivity index (χ1n) is 8.94. The number of benzene rings is 1. The van der Waals surface area contributed by atoms with Gasteiger partial charge in [0.1, 0.15) is 0 Å². The highest BCUT2D eigenvalue weighted by Gasteiger charge is 2.32. The molecule has 1 aromatic heterocycles. The average molecular weight is 297 g/mol. The average Bonchev–Trinajstić information content (AvgIpc) is 3.01. The maximum absolute atomic E-state index is 3.51. The van der Waals surface area contributed by atoms with Gasteiger partial charge in [0, 0.05) is 49.3 Å². The van der Waals surface area contributed by atoms with E-state index in [2.05, 4.69) is 45.7 Å². The molecule has 2 N–H and O–H groups in total. The van der Waals surface area contributed by atoms with E-state index in [1.54, 1.807) is 0 Å². The van der Waals surface area contributed by atoms with E-state index in [1.807, 2.05) is 0 Å². The van der Waals surface area contributed by atoms with Crippen LogP contribution in [0.3, 0.4) is 0 Å². The van der Waals surface area contributed by atoms with Crippen LogP contribution >= 0.6 is 0 Å². The molecule has 0 bridgehead atoms. The van der Waals surface area contributed by atoms with Crippen LogP contribution in [-0.4, -0.2) is 36.1 Å². The molecule has 4 rings (SSSR count). The standard InChI is InChI=1S/C19H27N3/c1-2-6-15(7-3-1)19(22-12-10-20-11-13-22)17-14-21-18-9-5-4-8-16(17)18/h4-5,8-9,14-15,19-21H,1-3,6-7,10-13H2/t19-/m1/s1. The lowest BCUT2D eigenvalue weighted by Crippen LogP contribution is -2.47. The van der Waals surface area contributed by atoms with Crippen molar-refractivity contribution in [3.63, 3.8) is 0 Å². The van der Waals surface area contributed by atoms with Crippen molar-refractivity contribution in [1.82, 2.24) is 15.2 Å². The number of para-hydroxylation sites is 1. The fourth-order valence-corrected chi connectivity index (χ4v) is 4.50. The van der Waals surface area contributed by atoms with Gasteiger partial charge in [0.25, 0.3) is 0 Å². The van der Waals surface area contributed by atoms with E-state index < -0.39 is 0 Å². The summed E-state index contributed by atoms with van der Waals surface area (Å²) in [6.07, 6.45) is 9.33. The van der Waals surface area contributed by atoms with Crippen molar-refractivity contribution >= 4 is 10.9 Å². The number of hydrogen-bond acceptors (Lipinski definition) is 2. The highest BCUT2D eigenvalue weighted by atomic mass is 15.2. The maximum Gasteiger partial charge on any atom is 0.0457 e. The molecular formula is C19H27N3. The zero-order chi connectivity index (χ0) is 14.8. The second-order valence-electron chi connectivity index (χ2n) is 6.92. The molecule has 3 nitrogen and oxygen atoms in total. The van der Waals surface area contributed by atoms with Gasteiger partial charge in [-0.05, 0) is 30.4 Å². The second kappa shape index (κ2) is 6.43. The van der Waals surface area contributed by atoms with Crippen LogP contribution in [0.15, 0.2) is 30.5 Å². The van der Waals surface area contributed by atoms with Crippen molar-refractivity contribution in [3.8, 4) is 0 Å². The number of H-pyrrole nitrogens is 1. The lowest BCUT2D eigenvalue weighted by molar-refractivity contribution is 0.104. The van der Waals surface area contributed by atoms with Crippen molar-refractivity contribution in [2.75, 3.05) is 26.2 Å². The van der Waals surface area contributed by atoms with Crippen molar-refractivity contribution < 1.29 is 0 Å². The van der Waals surface area contributed by atoms with Gasteiger partial charge in [0.05, 0.1) is 0 Å². The lowest BCUT2D eigenvalue weighted by atomic mass is 9.80. The van der Waals surface area contributed by atoms with Crippen LogP contribution in [-0.2, 0) is 0 Å². The van der Waals surface area contributed by atoms with Crippen LogP contribution in [0.2, 0.25) is 0 Å². The van der Waals surface area contributed by atoms with Gasteiger partial charge < -0.3 is 10.3 Å². The molecule has 2 aromatic rings. The molecule has 0 spiro atoms. The Labute approximate surface area is 133 Å². The molecule has 22 heavy (non-hydrogen) atoms. The number of nitrogens with one attached hydrogen (secondary N) is 2. The molecule has 1 saturated carbocycles. The highest BCUT2D eigenvalue weighted by molar-refractivity contribution is 5.83. The molecule has 2 fully saturated rings. The smallest absolute Gasteiger partial charge is 0.0457 e. The van der Waals surface area contributed by atoms with Crippen LogP contribution < -0.4 is 5.32 Å². The molecule has 2 aliphatic rings. The molecule has 0 radical (unpaired) electrons. The quantitative estimate of drug-likeness (QED) is 0.905. The molecule has 2 heterocycles. The predicted molar refractivity (Wildman–Crippen MR) is 92.1 cm³/mol. The van der Waals surface area contributed by atoms with E-state index in [-0.39, 0.29) is 0 Å². The molecule has 1 aliphatic carbocycles. The third kappa shape index (κ3) is 2.68. The van der Waals surface area contributed by atoms with Gasteiger partial charge in [-0.3, -0.25) is 4.90 Å². The second-order valence-corrected chi connectivity index (χ2v) is 6.92. The summed E-state index contributed by atoms with van der Waals surface area (Å²) in [4.78, 5) is 6.24. The first-order chi connectivity index (χ1) is 10.9. The Morgan fingerprint density at radius 2 is 1.77 bits per heavy atom. The molecule has 1 aliphatic heterocycles. The molecule has 1 aromatic carbocycles. The minimum absolute atomic E-state index is 0.596. The van der Waals surface area contributed by atoms with Crippen LogP contribution in [0.1, 0.15) is 43.7 Å². The van der Waals surface area contributed by atoms with Gasteiger partial charge in [0.15, 0.2) is 0 Å². The Hall–Kier alpha value is -1.32. The van der Waals surface area contributed by atoms with Gasteiger partial charge >= 0.3 is 0 Å². The largest absolute Gasteiger partial charge is 0.361 e. The molecule has 1 atom stereocenters. The maximum atomic E-state index is 3.51. The fraction of sp³-hybridized carbons (Fsp3) is 0.579. The van der Waals surface area contributed by atoms with E-state index in [9.17, 15) is 0 Å². The SMILES string of the molecule is c1ccc2c([C@@H](C3CCCCC3)N3CCNCC3)c[nH]c2c1. The molecule has 0 amide bonds. The predicted octanol–water partition coefficient (Wildman–Crippen LogP) is 3.69. The monoisotopic (exact) mass is 297 g/mol. The van der Waals surface area contributed by atoms with E-state index in [0.29, 0.717) is 6.04 Å². The number of fused-ring (bicyclic) bond motifs is 1. The van der Waals surface area contributed by atoms with E-state index >= 15 is 0 Å². The van der Waals surface area contributed by atoms with E-state index in [4.69, 9.17) is 0 Å². The number of nitrogens with zero attached hydrogens (tertiary/aromatic N) is 1. The zero-order valence-corrected chi connectivity index (χ0v) is 13.4. The summed E-state index contributed by atoms with van der Waals surface area (Å²) in [5, 5.41) is 4.93. The summed E-state index contributed by atoms with van der Waals surface area (Å²) in [7, 11) is 0. The molecule has 118 valence electrons. The Kier molecular flexibility index (Phi) is 4.17. The van der Waals surface area contributed by atoms with E-state index in [0.717, 1.165) is 19.0 Å². The first-order valence-corrected chi connectivity index (χ1v) is 8.94. The Bertz CT molecular complexity index is 588. The Morgan fingerprint density at radius 3 is 2.59 bits per heavy atom. The Morgan fingerprint density at radius 1 is 1.00 bits per heavy atom. The van der Waals surface area contributed by atoms with Crippen molar-refractivity contribution in [3.05, 3.63) is 36.0 Å². The minimum atomic E-state index is 0.596. The number of piperazine rings is 1. The third-order valence-corrected chi connectivity index (χ3v) is 5.58. The normalized spacial score (nSPS) is 22.9. The van der Waals surface area contributed by atoms with Crippen molar-refractivity contribution in [1.29, 1.82) is 0 Å². The van der Waals surface area contributed by atoms with E-state index in [1.165, 1.54) is 61.7 Å².